The molecule has 0 aliphatic carbocycles. The SMILES string of the molecule is CCCNC(=O)C1CCCN(C(=O)/C=C/c2ccc(Br)s2)C1. The van der Waals surface area contributed by atoms with Gasteiger partial charge in [0.05, 0.1) is 9.70 Å². The van der Waals surface area contributed by atoms with Crippen LogP contribution in [0.5, 0.6) is 0 Å². The highest BCUT2D eigenvalue weighted by Crippen LogP contribution is 2.23. The minimum Gasteiger partial charge on any atom is -0.356 e. The van der Waals surface area contributed by atoms with Crippen LogP contribution in [0.1, 0.15) is 31.1 Å². The van der Waals surface area contributed by atoms with Crippen molar-refractivity contribution in [2.24, 2.45) is 5.92 Å². The Morgan fingerprint density at radius 3 is 3.00 bits per heavy atom. The van der Waals surface area contributed by atoms with Gasteiger partial charge in [0.2, 0.25) is 11.8 Å². The van der Waals surface area contributed by atoms with Crippen LogP contribution in [0.25, 0.3) is 6.08 Å². The molecular weight excluding hydrogens is 364 g/mol. The Balaban J connectivity index is 1.89. The Labute approximate surface area is 143 Å². The summed E-state index contributed by atoms with van der Waals surface area (Å²) in [5, 5.41) is 2.92. The molecule has 1 saturated heterocycles. The maximum atomic E-state index is 12.3. The fourth-order valence-corrected chi connectivity index (χ4v) is 3.79. The summed E-state index contributed by atoms with van der Waals surface area (Å²) in [6, 6.07) is 3.93. The second-order valence-corrected chi connectivity index (χ2v) is 7.88. The summed E-state index contributed by atoms with van der Waals surface area (Å²) in [6.45, 7) is 3.99. The van der Waals surface area contributed by atoms with Crippen molar-refractivity contribution in [1.82, 2.24) is 10.2 Å². The summed E-state index contributed by atoms with van der Waals surface area (Å²) in [6.07, 6.45) is 6.11. The minimum atomic E-state index is -0.0754. The van der Waals surface area contributed by atoms with Gasteiger partial charge in [0.25, 0.3) is 0 Å². The van der Waals surface area contributed by atoms with Gasteiger partial charge in [-0.1, -0.05) is 6.92 Å². The first-order chi connectivity index (χ1) is 10.6. The quantitative estimate of drug-likeness (QED) is 0.791. The lowest BCUT2D eigenvalue weighted by Gasteiger charge is -2.31. The molecule has 4 nitrogen and oxygen atoms in total. The standard InChI is InChI=1S/C16H21BrN2O2S/c1-2-9-18-16(21)12-4-3-10-19(11-12)15(20)8-6-13-5-7-14(17)22-13/h5-8,12H,2-4,9-11H2,1H3,(H,18,21)/b8-6+. The van der Waals surface area contributed by atoms with Gasteiger partial charge in [0, 0.05) is 30.6 Å². The number of thiophene rings is 1. The first kappa shape index (κ1) is 17.2. The number of halogens is 1. The molecule has 1 atom stereocenters. The van der Waals surface area contributed by atoms with E-state index in [9.17, 15) is 9.59 Å². The van der Waals surface area contributed by atoms with Crippen molar-refractivity contribution in [3.63, 3.8) is 0 Å². The summed E-state index contributed by atoms with van der Waals surface area (Å²) in [5.74, 6) is -0.0171. The van der Waals surface area contributed by atoms with Crippen molar-refractivity contribution in [1.29, 1.82) is 0 Å². The van der Waals surface area contributed by atoms with E-state index in [-0.39, 0.29) is 17.7 Å². The van der Waals surface area contributed by atoms with Crippen LogP contribution in [0, 0.1) is 5.92 Å². The molecule has 1 aromatic heterocycles. The van der Waals surface area contributed by atoms with Crippen molar-refractivity contribution in [2.75, 3.05) is 19.6 Å². The lowest BCUT2D eigenvalue weighted by atomic mass is 9.97. The van der Waals surface area contributed by atoms with E-state index in [0.717, 1.165) is 34.5 Å². The van der Waals surface area contributed by atoms with E-state index in [1.165, 1.54) is 0 Å². The number of carbonyl (C=O) groups excluding carboxylic acids is 2. The van der Waals surface area contributed by atoms with Gasteiger partial charge in [0.15, 0.2) is 0 Å². The van der Waals surface area contributed by atoms with Crippen molar-refractivity contribution in [3.05, 3.63) is 26.9 Å². The largest absolute Gasteiger partial charge is 0.356 e. The number of piperidine rings is 1. The van der Waals surface area contributed by atoms with E-state index in [1.54, 1.807) is 22.3 Å². The predicted octanol–water partition coefficient (Wildman–Crippen LogP) is 3.29. The molecule has 1 N–H and O–H groups in total. The molecule has 2 rings (SSSR count). The van der Waals surface area contributed by atoms with Crippen molar-refractivity contribution < 1.29 is 9.59 Å². The highest BCUT2D eigenvalue weighted by Gasteiger charge is 2.27. The molecule has 1 aromatic rings. The first-order valence-electron chi connectivity index (χ1n) is 7.60. The molecule has 6 heteroatoms. The van der Waals surface area contributed by atoms with Gasteiger partial charge < -0.3 is 10.2 Å². The Kier molecular flexibility index (Phi) is 6.64. The molecule has 2 amide bonds. The molecule has 1 aliphatic heterocycles. The Morgan fingerprint density at radius 1 is 1.50 bits per heavy atom. The number of likely N-dealkylation sites (tertiary alicyclic amines) is 1. The van der Waals surface area contributed by atoms with Crippen molar-refractivity contribution in [2.45, 2.75) is 26.2 Å². The smallest absolute Gasteiger partial charge is 0.246 e. The first-order valence-corrected chi connectivity index (χ1v) is 9.21. The maximum absolute atomic E-state index is 12.3. The molecule has 0 aromatic carbocycles. The van der Waals surface area contributed by atoms with Gasteiger partial charge in [-0.3, -0.25) is 9.59 Å². The number of carbonyl (C=O) groups is 2. The molecule has 2 heterocycles. The molecule has 1 aliphatic rings. The van der Waals surface area contributed by atoms with Crippen LogP contribution in [0.3, 0.4) is 0 Å². The minimum absolute atomic E-state index is 0.0162. The molecule has 0 saturated carbocycles. The summed E-state index contributed by atoms with van der Waals surface area (Å²) < 4.78 is 1.05. The van der Waals surface area contributed by atoms with Gasteiger partial charge in [-0.2, -0.15) is 0 Å². The zero-order valence-electron chi connectivity index (χ0n) is 12.7. The summed E-state index contributed by atoms with van der Waals surface area (Å²) in [4.78, 5) is 27.1. The van der Waals surface area contributed by atoms with Crippen LogP contribution >= 0.6 is 27.3 Å². The monoisotopic (exact) mass is 384 g/mol. The number of nitrogens with one attached hydrogen (secondary N) is 1. The molecule has 1 fully saturated rings. The lowest BCUT2D eigenvalue weighted by Crippen LogP contribution is -2.45. The van der Waals surface area contributed by atoms with Crippen LogP contribution in [0.15, 0.2) is 22.0 Å². The van der Waals surface area contributed by atoms with Gasteiger partial charge in [-0.05, 0) is 53.4 Å². The Hall–Kier alpha value is -1.14. The fourth-order valence-electron chi connectivity index (χ4n) is 2.46. The molecule has 22 heavy (non-hydrogen) atoms. The number of hydrogen-bond donors (Lipinski definition) is 1. The van der Waals surface area contributed by atoms with Gasteiger partial charge >= 0.3 is 0 Å². The van der Waals surface area contributed by atoms with E-state index in [0.29, 0.717) is 13.1 Å². The average Bonchev–Trinajstić information content (AvgIpc) is 2.96. The van der Waals surface area contributed by atoms with Crippen LogP contribution < -0.4 is 5.32 Å². The van der Waals surface area contributed by atoms with Crippen LogP contribution in [-0.2, 0) is 9.59 Å². The van der Waals surface area contributed by atoms with E-state index < -0.39 is 0 Å². The topological polar surface area (TPSA) is 49.4 Å². The second-order valence-electron chi connectivity index (χ2n) is 5.39. The molecule has 0 spiro atoms. The Bertz CT molecular complexity index is 556. The molecule has 0 radical (unpaired) electrons. The molecule has 0 bridgehead atoms. The van der Waals surface area contributed by atoms with Gasteiger partial charge in [0.1, 0.15) is 0 Å². The van der Waals surface area contributed by atoms with Gasteiger partial charge in [-0.25, -0.2) is 0 Å². The third-order valence-corrected chi connectivity index (χ3v) is 5.23. The lowest BCUT2D eigenvalue weighted by molar-refractivity contribution is -0.132. The van der Waals surface area contributed by atoms with Crippen LogP contribution in [0.4, 0.5) is 0 Å². The number of nitrogens with zero attached hydrogens (tertiary/aromatic N) is 1. The molecule has 1 unspecified atom stereocenters. The highest BCUT2D eigenvalue weighted by molar-refractivity contribution is 9.11. The highest BCUT2D eigenvalue weighted by atomic mass is 79.9. The Morgan fingerprint density at radius 2 is 2.32 bits per heavy atom. The second kappa shape index (κ2) is 8.48. The number of hydrogen-bond acceptors (Lipinski definition) is 3. The number of rotatable bonds is 5. The van der Waals surface area contributed by atoms with E-state index in [2.05, 4.69) is 21.2 Å². The molecular formula is C16H21BrN2O2S. The van der Waals surface area contributed by atoms with Gasteiger partial charge in [-0.15, -0.1) is 11.3 Å². The van der Waals surface area contributed by atoms with Crippen molar-refractivity contribution >= 4 is 45.2 Å². The zero-order chi connectivity index (χ0) is 15.9. The van der Waals surface area contributed by atoms with E-state index >= 15 is 0 Å². The van der Waals surface area contributed by atoms with Crippen molar-refractivity contribution in [3.8, 4) is 0 Å². The molecule has 120 valence electrons. The third-order valence-electron chi connectivity index (χ3n) is 3.64. The fraction of sp³-hybridized carbons (Fsp3) is 0.500. The number of amides is 2. The average molecular weight is 385 g/mol. The van der Waals surface area contributed by atoms with Crippen LogP contribution in [0.2, 0.25) is 0 Å². The third kappa shape index (κ3) is 4.95. The predicted molar refractivity (Wildman–Crippen MR) is 93.7 cm³/mol. The summed E-state index contributed by atoms with van der Waals surface area (Å²) in [5.41, 5.74) is 0. The van der Waals surface area contributed by atoms with E-state index in [1.807, 2.05) is 25.1 Å². The van der Waals surface area contributed by atoms with Crippen LogP contribution in [-0.4, -0.2) is 36.3 Å². The summed E-state index contributed by atoms with van der Waals surface area (Å²) >= 11 is 4.99. The maximum Gasteiger partial charge on any atom is 0.246 e. The summed E-state index contributed by atoms with van der Waals surface area (Å²) in [7, 11) is 0. The normalized spacial score (nSPS) is 18.6. The van der Waals surface area contributed by atoms with E-state index in [4.69, 9.17) is 0 Å². The zero-order valence-corrected chi connectivity index (χ0v) is 15.1.